The van der Waals surface area contributed by atoms with Gasteiger partial charge in [0.2, 0.25) is 17.7 Å². The van der Waals surface area contributed by atoms with Crippen LogP contribution in [0, 0.1) is 5.92 Å². The number of carbonyl (C=O) groups excluding carboxylic acids is 4. The third-order valence-electron chi connectivity index (χ3n) is 6.09. The van der Waals surface area contributed by atoms with Crippen LogP contribution in [-0.2, 0) is 30.3 Å². The number of ether oxygens (including phenoxy) is 1. The maximum atomic E-state index is 13.3. The first-order chi connectivity index (χ1) is 18.2. The van der Waals surface area contributed by atoms with Gasteiger partial charge in [-0.25, -0.2) is 4.79 Å². The molecule has 1 rings (SSSR count). The molecule has 0 spiro atoms. The number of rotatable bonds is 15. The first-order valence-electron chi connectivity index (χ1n) is 13.1. The predicted molar refractivity (Wildman–Crippen MR) is 146 cm³/mol. The minimum absolute atomic E-state index is 0.0405. The zero-order valence-electron chi connectivity index (χ0n) is 23.5. The molecule has 12 nitrogen and oxygen atoms in total. The van der Waals surface area contributed by atoms with E-state index in [4.69, 9.17) is 4.74 Å². The maximum absolute atomic E-state index is 13.3. The lowest BCUT2D eigenvalue weighted by molar-refractivity contribution is -0.134. The van der Waals surface area contributed by atoms with Crippen molar-refractivity contribution in [1.29, 1.82) is 0 Å². The molecular weight excluding hydrogens is 527 g/mol. The fraction of sp³-hybridized carbons (Fsp3) is 0.615. The molecular formula is C26H43N4O8P. The molecule has 0 aliphatic heterocycles. The van der Waals surface area contributed by atoms with Crippen molar-refractivity contribution in [3.63, 3.8) is 0 Å². The molecule has 0 unspecified atom stereocenters. The van der Waals surface area contributed by atoms with Crippen LogP contribution in [0.4, 0.5) is 4.79 Å². The zero-order valence-corrected chi connectivity index (χ0v) is 24.4. The number of carbonyl (C=O) groups is 4. The van der Waals surface area contributed by atoms with Crippen molar-refractivity contribution in [2.75, 3.05) is 7.05 Å². The third-order valence-corrected chi connectivity index (χ3v) is 7.22. The van der Waals surface area contributed by atoms with Gasteiger partial charge in [-0.3, -0.25) is 23.8 Å². The first-order valence-corrected chi connectivity index (χ1v) is 14.8. The van der Waals surface area contributed by atoms with E-state index < -0.39 is 55.3 Å². The van der Waals surface area contributed by atoms with Crippen molar-refractivity contribution < 1.29 is 38.3 Å². The Morgan fingerprint density at radius 3 is 1.82 bits per heavy atom. The van der Waals surface area contributed by atoms with Gasteiger partial charge in [-0.15, -0.1) is 0 Å². The van der Waals surface area contributed by atoms with Crippen molar-refractivity contribution in [3.05, 3.63) is 35.9 Å². The Labute approximate surface area is 230 Å². The van der Waals surface area contributed by atoms with Gasteiger partial charge in [-0.05, 0) is 31.2 Å². The Morgan fingerprint density at radius 2 is 1.36 bits per heavy atom. The number of amides is 4. The van der Waals surface area contributed by atoms with Gasteiger partial charge >= 0.3 is 13.7 Å². The summed E-state index contributed by atoms with van der Waals surface area (Å²) in [5.41, 5.74) is 0.797. The number of benzene rings is 1. The lowest BCUT2D eigenvalue weighted by atomic mass is 10.0. The Morgan fingerprint density at radius 1 is 0.872 bits per heavy atom. The number of hydrogen-bond donors (Lipinski definition) is 5. The highest BCUT2D eigenvalue weighted by atomic mass is 31.2. The second-order valence-electron chi connectivity index (χ2n) is 9.81. The van der Waals surface area contributed by atoms with Crippen LogP contribution in [0.5, 0.6) is 0 Å². The molecule has 0 aliphatic carbocycles. The summed E-state index contributed by atoms with van der Waals surface area (Å²) in [5, 5.41) is 7.55. The van der Waals surface area contributed by atoms with Gasteiger partial charge in [0.15, 0.2) is 0 Å². The van der Waals surface area contributed by atoms with Crippen LogP contribution < -0.4 is 16.0 Å². The van der Waals surface area contributed by atoms with Crippen LogP contribution in [0.15, 0.2) is 30.3 Å². The van der Waals surface area contributed by atoms with Gasteiger partial charge in [0.25, 0.3) is 0 Å². The van der Waals surface area contributed by atoms with Gasteiger partial charge in [0.1, 0.15) is 30.5 Å². The average molecular weight is 571 g/mol. The normalized spacial score (nSPS) is 14.5. The standard InChI is InChI=1S/C26H43N4O8P/c1-7-12-20(23(31)27-18(5)39(35,36)37)28-24(32)21(13-8-2)29-25(33)22(17(3)4)30(6)26(34)38-16-19-14-10-9-11-15-19/h9-11,14-15,17-18,20-22H,7-8,12-13,16H2,1-6H3,(H,27,31)(H,28,32)(H,29,33)(H2,35,36,37)/t18-,20+,21+,22+/m1/s1. The molecule has 0 radical (unpaired) electrons. The van der Waals surface area contributed by atoms with E-state index in [1.54, 1.807) is 20.8 Å². The summed E-state index contributed by atoms with van der Waals surface area (Å²) in [7, 11) is -3.10. The molecule has 0 saturated carbocycles. The summed E-state index contributed by atoms with van der Waals surface area (Å²) < 4.78 is 16.8. The van der Waals surface area contributed by atoms with E-state index in [9.17, 15) is 33.5 Å². The molecule has 39 heavy (non-hydrogen) atoms. The molecule has 1 aromatic rings. The first kappa shape index (κ1) is 34.1. The quantitative estimate of drug-likeness (QED) is 0.200. The molecule has 0 heterocycles. The molecule has 0 bridgehead atoms. The van der Waals surface area contributed by atoms with E-state index in [0.717, 1.165) is 5.56 Å². The van der Waals surface area contributed by atoms with Crippen molar-refractivity contribution in [1.82, 2.24) is 20.9 Å². The highest BCUT2D eigenvalue weighted by Gasteiger charge is 2.35. The van der Waals surface area contributed by atoms with Crippen molar-refractivity contribution >= 4 is 31.4 Å². The summed E-state index contributed by atoms with van der Waals surface area (Å²) in [6.45, 7) is 8.38. The van der Waals surface area contributed by atoms with E-state index in [-0.39, 0.29) is 25.4 Å². The fourth-order valence-corrected chi connectivity index (χ4v) is 4.19. The summed E-state index contributed by atoms with van der Waals surface area (Å²) >= 11 is 0. The largest absolute Gasteiger partial charge is 0.445 e. The van der Waals surface area contributed by atoms with E-state index in [1.807, 2.05) is 37.3 Å². The number of likely N-dealkylation sites (N-methyl/N-ethyl adjacent to an activating group) is 1. The van der Waals surface area contributed by atoms with Crippen LogP contribution in [0.3, 0.4) is 0 Å². The highest BCUT2D eigenvalue weighted by Crippen LogP contribution is 2.39. The monoisotopic (exact) mass is 570 g/mol. The molecule has 0 aromatic heterocycles. The van der Waals surface area contributed by atoms with Crippen molar-refractivity contribution in [2.45, 2.75) is 90.8 Å². The topological polar surface area (TPSA) is 174 Å². The molecule has 0 aliphatic rings. The summed E-state index contributed by atoms with van der Waals surface area (Å²) in [4.78, 5) is 71.5. The lowest BCUT2D eigenvalue weighted by Crippen LogP contribution is -2.58. The van der Waals surface area contributed by atoms with Crippen LogP contribution in [-0.4, -0.2) is 69.5 Å². The van der Waals surface area contributed by atoms with Crippen LogP contribution in [0.1, 0.15) is 65.9 Å². The van der Waals surface area contributed by atoms with Gasteiger partial charge in [0, 0.05) is 7.05 Å². The SMILES string of the molecule is CCC[C@H](NC(=O)[C@H](CCC)NC(=O)[C@H](C(C)C)N(C)C(=O)OCc1ccccc1)C(=O)N[C@@H](C)P(=O)(O)O. The third kappa shape index (κ3) is 11.4. The Hall–Kier alpha value is -2.95. The lowest BCUT2D eigenvalue weighted by Gasteiger charge is -2.31. The Kier molecular flexibility index (Phi) is 14.2. The van der Waals surface area contributed by atoms with Crippen molar-refractivity contribution in [2.24, 2.45) is 5.92 Å². The zero-order chi connectivity index (χ0) is 29.8. The summed E-state index contributed by atoms with van der Waals surface area (Å²) in [5.74, 6) is -3.62. The molecule has 0 saturated heterocycles. The molecule has 1 aromatic carbocycles. The molecule has 0 fully saturated rings. The molecule has 13 heteroatoms. The predicted octanol–water partition coefficient (Wildman–Crippen LogP) is 2.49. The maximum Gasteiger partial charge on any atom is 0.410 e. The molecule has 4 atom stereocenters. The average Bonchev–Trinajstić information content (AvgIpc) is 2.86. The Balaban J connectivity index is 2.94. The minimum Gasteiger partial charge on any atom is -0.445 e. The fourth-order valence-electron chi connectivity index (χ4n) is 3.90. The van der Waals surface area contributed by atoms with Crippen LogP contribution in [0.25, 0.3) is 0 Å². The van der Waals surface area contributed by atoms with E-state index in [1.165, 1.54) is 18.9 Å². The van der Waals surface area contributed by atoms with Crippen molar-refractivity contribution in [3.8, 4) is 0 Å². The highest BCUT2D eigenvalue weighted by molar-refractivity contribution is 7.52. The summed E-state index contributed by atoms with van der Waals surface area (Å²) in [6.07, 6.45) is 0.855. The van der Waals surface area contributed by atoms with E-state index >= 15 is 0 Å². The van der Waals surface area contributed by atoms with E-state index in [0.29, 0.717) is 12.8 Å². The number of nitrogens with one attached hydrogen (secondary N) is 3. The molecule has 5 N–H and O–H groups in total. The second kappa shape index (κ2) is 16.2. The van der Waals surface area contributed by atoms with Gasteiger partial charge in [-0.1, -0.05) is 70.9 Å². The second-order valence-corrected chi connectivity index (χ2v) is 11.8. The van der Waals surface area contributed by atoms with E-state index in [2.05, 4.69) is 16.0 Å². The van der Waals surface area contributed by atoms with Crippen LogP contribution >= 0.6 is 7.60 Å². The molecule has 220 valence electrons. The minimum atomic E-state index is -4.56. The Bertz CT molecular complexity index is 1000. The van der Waals surface area contributed by atoms with Crippen LogP contribution in [0.2, 0.25) is 0 Å². The van der Waals surface area contributed by atoms with Gasteiger partial charge in [0.05, 0.1) is 0 Å². The molecule has 4 amide bonds. The van der Waals surface area contributed by atoms with Gasteiger partial charge < -0.3 is 30.5 Å². The summed E-state index contributed by atoms with van der Waals surface area (Å²) in [6, 6.07) is 6.14. The smallest absolute Gasteiger partial charge is 0.410 e. The number of hydrogen-bond acceptors (Lipinski definition) is 6. The van der Waals surface area contributed by atoms with Gasteiger partial charge in [-0.2, -0.15) is 0 Å². The number of nitrogens with zero attached hydrogens (tertiary/aromatic N) is 1.